The molecule has 1 heterocycles. The van der Waals surface area contributed by atoms with Crippen molar-refractivity contribution < 1.29 is 10.0 Å². The van der Waals surface area contributed by atoms with E-state index in [1.165, 1.54) is 19.3 Å². The summed E-state index contributed by atoms with van der Waals surface area (Å²) in [7, 11) is -1.13. The first-order chi connectivity index (χ1) is 9.08. The maximum Gasteiger partial charge on any atom is 0.451 e. The summed E-state index contributed by atoms with van der Waals surface area (Å²) in [5.41, 5.74) is 0. The van der Waals surface area contributed by atoms with Crippen molar-refractivity contribution in [1.29, 1.82) is 0 Å². The SMILES string of the molecule is CC1CC2NCN(CCCCCB(O)O)C2CC1C. The first-order valence-electron chi connectivity index (χ1n) is 7.91. The number of unbranched alkanes of at least 4 members (excludes halogenated alkanes) is 2. The first-order valence-corrected chi connectivity index (χ1v) is 7.91. The Bertz CT molecular complexity index is 278. The summed E-state index contributed by atoms with van der Waals surface area (Å²) in [5.74, 6) is 1.69. The van der Waals surface area contributed by atoms with Crippen LogP contribution in [0.25, 0.3) is 0 Å². The fourth-order valence-electron chi connectivity index (χ4n) is 3.61. The zero-order chi connectivity index (χ0) is 13.8. The number of rotatable bonds is 6. The molecule has 110 valence electrons. The van der Waals surface area contributed by atoms with Gasteiger partial charge in [-0.15, -0.1) is 0 Å². The van der Waals surface area contributed by atoms with Gasteiger partial charge in [0.15, 0.2) is 0 Å². The van der Waals surface area contributed by atoms with Crippen LogP contribution in [-0.4, -0.2) is 47.4 Å². The Balaban J connectivity index is 1.68. The lowest BCUT2D eigenvalue weighted by Gasteiger charge is -2.37. The number of nitrogens with one attached hydrogen (secondary N) is 1. The first kappa shape index (κ1) is 15.3. The molecule has 5 heteroatoms. The van der Waals surface area contributed by atoms with Gasteiger partial charge in [-0.1, -0.05) is 26.7 Å². The summed E-state index contributed by atoms with van der Waals surface area (Å²) in [6.07, 6.45) is 6.34. The van der Waals surface area contributed by atoms with Crippen LogP contribution in [0.3, 0.4) is 0 Å². The normalized spacial score (nSPS) is 35.4. The number of hydrogen-bond donors (Lipinski definition) is 3. The fourth-order valence-corrected chi connectivity index (χ4v) is 3.61. The summed E-state index contributed by atoms with van der Waals surface area (Å²) in [6, 6.07) is 1.43. The van der Waals surface area contributed by atoms with E-state index < -0.39 is 7.12 Å². The van der Waals surface area contributed by atoms with E-state index in [1.807, 2.05) is 0 Å². The number of hydrogen-bond acceptors (Lipinski definition) is 4. The molecule has 0 bridgehead atoms. The van der Waals surface area contributed by atoms with Crippen LogP contribution < -0.4 is 5.32 Å². The maximum absolute atomic E-state index is 8.81. The molecule has 19 heavy (non-hydrogen) atoms. The highest BCUT2D eigenvalue weighted by Crippen LogP contribution is 2.34. The van der Waals surface area contributed by atoms with Crippen LogP contribution in [0.15, 0.2) is 0 Å². The predicted molar refractivity (Wildman–Crippen MR) is 78.7 cm³/mol. The van der Waals surface area contributed by atoms with Crippen LogP contribution in [0.2, 0.25) is 6.32 Å². The molecule has 1 aliphatic heterocycles. The number of nitrogens with zero attached hydrogens (tertiary/aromatic N) is 1. The van der Waals surface area contributed by atoms with Crippen LogP contribution in [0.1, 0.15) is 46.0 Å². The van der Waals surface area contributed by atoms with Gasteiger partial charge in [0.25, 0.3) is 0 Å². The van der Waals surface area contributed by atoms with Crippen LogP contribution in [0.4, 0.5) is 0 Å². The molecular formula is C14H29BN2O2. The fraction of sp³-hybridized carbons (Fsp3) is 1.00. The highest BCUT2D eigenvalue weighted by atomic mass is 16.4. The lowest BCUT2D eigenvalue weighted by Crippen LogP contribution is -2.44. The second kappa shape index (κ2) is 7.07. The summed E-state index contributed by atoms with van der Waals surface area (Å²) in [4.78, 5) is 2.60. The molecule has 2 aliphatic rings. The van der Waals surface area contributed by atoms with E-state index in [4.69, 9.17) is 10.0 Å². The van der Waals surface area contributed by atoms with E-state index in [1.54, 1.807) is 0 Å². The topological polar surface area (TPSA) is 55.7 Å². The molecule has 4 nitrogen and oxygen atoms in total. The molecule has 4 unspecified atom stereocenters. The van der Waals surface area contributed by atoms with Crippen molar-refractivity contribution in [2.75, 3.05) is 13.2 Å². The highest BCUT2D eigenvalue weighted by Gasteiger charge is 2.39. The van der Waals surface area contributed by atoms with E-state index in [2.05, 4.69) is 24.1 Å². The lowest BCUT2D eigenvalue weighted by molar-refractivity contribution is 0.142. The predicted octanol–water partition coefficient (Wildman–Crippen LogP) is 1.30. The average Bonchev–Trinajstić information content (AvgIpc) is 2.72. The van der Waals surface area contributed by atoms with Crippen molar-refractivity contribution in [2.45, 2.75) is 64.4 Å². The Hall–Kier alpha value is -0.0951. The Morgan fingerprint density at radius 2 is 1.84 bits per heavy atom. The van der Waals surface area contributed by atoms with Crippen LogP contribution in [0.5, 0.6) is 0 Å². The van der Waals surface area contributed by atoms with Crippen LogP contribution in [0, 0.1) is 11.8 Å². The minimum atomic E-state index is -1.13. The monoisotopic (exact) mass is 268 g/mol. The van der Waals surface area contributed by atoms with E-state index in [9.17, 15) is 0 Å². The zero-order valence-electron chi connectivity index (χ0n) is 12.4. The molecule has 1 saturated heterocycles. The van der Waals surface area contributed by atoms with Gasteiger partial charge in [-0.2, -0.15) is 0 Å². The zero-order valence-corrected chi connectivity index (χ0v) is 12.4. The van der Waals surface area contributed by atoms with E-state index in [-0.39, 0.29) is 0 Å². The second-order valence-corrected chi connectivity index (χ2v) is 6.60. The van der Waals surface area contributed by atoms with Gasteiger partial charge in [0.05, 0.1) is 0 Å². The minimum Gasteiger partial charge on any atom is -0.427 e. The Kier molecular flexibility index (Phi) is 5.69. The van der Waals surface area contributed by atoms with Crippen molar-refractivity contribution in [2.24, 2.45) is 11.8 Å². The molecule has 1 saturated carbocycles. The number of fused-ring (bicyclic) bond motifs is 1. The lowest BCUT2D eigenvalue weighted by atomic mass is 9.76. The van der Waals surface area contributed by atoms with E-state index >= 15 is 0 Å². The average molecular weight is 268 g/mol. The van der Waals surface area contributed by atoms with Gasteiger partial charge in [-0.3, -0.25) is 10.2 Å². The smallest absolute Gasteiger partial charge is 0.427 e. The molecule has 4 atom stereocenters. The molecule has 0 aromatic heterocycles. The van der Waals surface area contributed by atoms with Gasteiger partial charge in [0, 0.05) is 18.8 Å². The molecule has 2 fully saturated rings. The Morgan fingerprint density at radius 3 is 2.58 bits per heavy atom. The van der Waals surface area contributed by atoms with Crippen molar-refractivity contribution in [3.63, 3.8) is 0 Å². The van der Waals surface area contributed by atoms with Crippen molar-refractivity contribution in [3.8, 4) is 0 Å². The third-order valence-electron chi connectivity index (χ3n) is 5.11. The van der Waals surface area contributed by atoms with Crippen molar-refractivity contribution >= 4 is 7.12 Å². The van der Waals surface area contributed by atoms with Crippen molar-refractivity contribution in [3.05, 3.63) is 0 Å². The van der Waals surface area contributed by atoms with Crippen molar-refractivity contribution in [1.82, 2.24) is 10.2 Å². The third-order valence-corrected chi connectivity index (χ3v) is 5.11. The van der Waals surface area contributed by atoms with Gasteiger partial charge in [-0.05, 0) is 44.0 Å². The third kappa shape index (κ3) is 4.18. The highest BCUT2D eigenvalue weighted by molar-refractivity contribution is 6.40. The van der Waals surface area contributed by atoms with Gasteiger partial charge < -0.3 is 10.0 Å². The quantitative estimate of drug-likeness (QED) is 0.502. The summed E-state index contributed by atoms with van der Waals surface area (Å²) >= 11 is 0. The molecule has 3 N–H and O–H groups in total. The molecule has 0 amide bonds. The Labute approximate surface area is 117 Å². The van der Waals surface area contributed by atoms with Gasteiger partial charge in [0.1, 0.15) is 0 Å². The standard InChI is InChI=1S/C14H29BN2O2/c1-11-8-13-14(9-12(11)2)17(10-16-13)7-5-3-4-6-15(18)19/h11-14,16,18-19H,3-10H2,1-2H3. The molecule has 0 spiro atoms. The van der Waals surface area contributed by atoms with E-state index in [0.29, 0.717) is 12.4 Å². The van der Waals surface area contributed by atoms with Crippen LogP contribution in [-0.2, 0) is 0 Å². The van der Waals surface area contributed by atoms with E-state index in [0.717, 1.165) is 43.9 Å². The summed E-state index contributed by atoms with van der Waals surface area (Å²) in [6.45, 7) is 6.96. The second-order valence-electron chi connectivity index (χ2n) is 6.60. The van der Waals surface area contributed by atoms with Gasteiger partial charge in [-0.25, -0.2) is 0 Å². The molecule has 0 radical (unpaired) electrons. The molecule has 1 aliphatic carbocycles. The molecular weight excluding hydrogens is 239 g/mol. The van der Waals surface area contributed by atoms with Gasteiger partial charge >= 0.3 is 7.12 Å². The summed E-state index contributed by atoms with van der Waals surface area (Å²) in [5, 5.41) is 21.3. The largest absolute Gasteiger partial charge is 0.451 e. The minimum absolute atomic E-state index is 0.513. The molecule has 0 aromatic rings. The van der Waals surface area contributed by atoms with Gasteiger partial charge in [0.2, 0.25) is 0 Å². The maximum atomic E-state index is 8.81. The Morgan fingerprint density at radius 1 is 1.11 bits per heavy atom. The van der Waals surface area contributed by atoms with Crippen LogP contribution >= 0.6 is 0 Å². The molecule has 2 rings (SSSR count). The summed E-state index contributed by atoms with van der Waals surface area (Å²) < 4.78 is 0. The molecule has 0 aromatic carbocycles.